The molecule has 0 atom stereocenters. The van der Waals surface area contributed by atoms with Crippen molar-refractivity contribution in [3.8, 4) is 11.5 Å². The molecule has 0 saturated carbocycles. The SMILES string of the molecule is O=C1CCCc2c3c(cc(F)c21)OCO3. The summed E-state index contributed by atoms with van der Waals surface area (Å²) in [5.41, 5.74) is 0.879. The fourth-order valence-corrected chi connectivity index (χ4v) is 2.17. The maximum absolute atomic E-state index is 13.6. The van der Waals surface area contributed by atoms with Gasteiger partial charge < -0.3 is 9.47 Å². The molecule has 0 fully saturated rings. The second-order valence-electron chi connectivity index (χ2n) is 3.72. The molecule has 1 aliphatic carbocycles. The summed E-state index contributed by atoms with van der Waals surface area (Å²) in [4.78, 5) is 11.6. The summed E-state index contributed by atoms with van der Waals surface area (Å²) in [5.74, 6) is 0.353. The molecule has 0 spiro atoms. The monoisotopic (exact) mass is 208 g/mol. The molecule has 3 nitrogen and oxygen atoms in total. The van der Waals surface area contributed by atoms with Crippen LogP contribution in [0.15, 0.2) is 6.07 Å². The number of carbonyl (C=O) groups is 1. The zero-order valence-corrected chi connectivity index (χ0v) is 8.01. The second-order valence-corrected chi connectivity index (χ2v) is 3.72. The summed E-state index contributed by atoms with van der Waals surface area (Å²) in [6.07, 6.45) is 1.86. The fraction of sp³-hybridized carbons (Fsp3) is 0.364. The summed E-state index contributed by atoms with van der Waals surface area (Å²) >= 11 is 0. The van der Waals surface area contributed by atoms with Crippen LogP contribution < -0.4 is 9.47 Å². The average molecular weight is 208 g/mol. The van der Waals surface area contributed by atoms with Crippen LogP contribution >= 0.6 is 0 Å². The fourth-order valence-electron chi connectivity index (χ4n) is 2.17. The molecule has 0 aromatic heterocycles. The first-order valence-electron chi connectivity index (χ1n) is 4.91. The summed E-state index contributed by atoms with van der Waals surface area (Å²) in [6, 6.07) is 1.24. The number of hydrogen-bond acceptors (Lipinski definition) is 3. The Bertz CT molecular complexity index is 454. The van der Waals surface area contributed by atoms with Crippen LogP contribution in [0.1, 0.15) is 28.8 Å². The second kappa shape index (κ2) is 2.95. The first kappa shape index (κ1) is 8.71. The van der Waals surface area contributed by atoms with Gasteiger partial charge in [0.2, 0.25) is 6.79 Å². The summed E-state index contributed by atoms with van der Waals surface area (Å²) in [6.45, 7) is 0.111. The van der Waals surface area contributed by atoms with Gasteiger partial charge >= 0.3 is 0 Å². The molecule has 0 saturated heterocycles. The average Bonchev–Trinajstić information content (AvgIpc) is 2.65. The number of Topliss-reactive ketones (excluding diaryl/α,β-unsaturated/α-hetero) is 1. The highest BCUT2D eigenvalue weighted by Gasteiger charge is 2.29. The van der Waals surface area contributed by atoms with Crippen LogP contribution in [0.4, 0.5) is 4.39 Å². The minimum absolute atomic E-state index is 0.111. The normalized spacial score (nSPS) is 17.8. The van der Waals surface area contributed by atoms with Crippen LogP contribution in [0.25, 0.3) is 0 Å². The van der Waals surface area contributed by atoms with E-state index >= 15 is 0 Å². The summed E-state index contributed by atoms with van der Waals surface area (Å²) in [7, 11) is 0. The van der Waals surface area contributed by atoms with E-state index in [9.17, 15) is 9.18 Å². The van der Waals surface area contributed by atoms with Crippen molar-refractivity contribution in [1.29, 1.82) is 0 Å². The maximum Gasteiger partial charge on any atom is 0.231 e. The van der Waals surface area contributed by atoms with Gasteiger partial charge in [-0.1, -0.05) is 0 Å². The van der Waals surface area contributed by atoms with E-state index in [0.717, 1.165) is 6.42 Å². The Labute approximate surface area is 85.8 Å². The lowest BCUT2D eigenvalue weighted by Gasteiger charge is -2.16. The molecule has 4 heteroatoms. The lowest BCUT2D eigenvalue weighted by molar-refractivity contribution is 0.0967. The third kappa shape index (κ3) is 1.14. The Morgan fingerprint density at radius 2 is 2.13 bits per heavy atom. The van der Waals surface area contributed by atoms with Crippen molar-refractivity contribution in [3.63, 3.8) is 0 Å². The van der Waals surface area contributed by atoms with Gasteiger partial charge in [0.25, 0.3) is 0 Å². The number of benzene rings is 1. The van der Waals surface area contributed by atoms with E-state index in [1.807, 2.05) is 0 Å². The molecular formula is C11H9FO3. The molecule has 3 rings (SSSR count). The van der Waals surface area contributed by atoms with Crippen molar-refractivity contribution in [2.24, 2.45) is 0 Å². The smallest absolute Gasteiger partial charge is 0.231 e. The molecule has 0 N–H and O–H groups in total. The highest BCUT2D eigenvalue weighted by atomic mass is 19.1. The molecular weight excluding hydrogens is 199 g/mol. The third-order valence-corrected chi connectivity index (χ3v) is 2.82. The molecule has 0 radical (unpaired) electrons. The first-order chi connectivity index (χ1) is 7.27. The predicted octanol–water partition coefficient (Wildman–Crippen LogP) is 2.07. The Morgan fingerprint density at radius 1 is 1.27 bits per heavy atom. The molecule has 78 valence electrons. The molecule has 0 bridgehead atoms. The van der Waals surface area contributed by atoms with Crippen molar-refractivity contribution in [1.82, 2.24) is 0 Å². The Morgan fingerprint density at radius 3 is 3.00 bits per heavy atom. The predicted molar refractivity (Wildman–Crippen MR) is 49.8 cm³/mol. The van der Waals surface area contributed by atoms with E-state index in [1.54, 1.807) is 0 Å². The zero-order valence-electron chi connectivity index (χ0n) is 8.01. The highest BCUT2D eigenvalue weighted by Crippen LogP contribution is 2.41. The standard InChI is InChI=1S/C11H9FO3/c12-7-4-9-11(15-5-14-9)6-2-1-3-8(13)10(6)7/h4H,1-3,5H2. The molecule has 0 amide bonds. The number of halogens is 1. The largest absolute Gasteiger partial charge is 0.453 e. The van der Waals surface area contributed by atoms with Gasteiger partial charge in [0.1, 0.15) is 5.82 Å². The maximum atomic E-state index is 13.6. The molecule has 15 heavy (non-hydrogen) atoms. The van der Waals surface area contributed by atoms with Gasteiger partial charge in [0.05, 0.1) is 5.56 Å². The summed E-state index contributed by atoms with van der Waals surface area (Å²) in [5, 5.41) is 0. The number of ketones is 1. The van der Waals surface area contributed by atoms with Gasteiger partial charge in [-0.05, 0) is 12.8 Å². The van der Waals surface area contributed by atoms with E-state index in [-0.39, 0.29) is 18.1 Å². The van der Waals surface area contributed by atoms with E-state index in [2.05, 4.69) is 0 Å². The van der Waals surface area contributed by atoms with Crippen molar-refractivity contribution < 1.29 is 18.7 Å². The van der Waals surface area contributed by atoms with Crippen molar-refractivity contribution >= 4 is 5.78 Å². The van der Waals surface area contributed by atoms with Gasteiger partial charge in [0, 0.05) is 18.1 Å². The van der Waals surface area contributed by atoms with E-state index < -0.39 is 5.82 Å². The van der Waals surface area contributed by atoms with Crippen molar-refractivity contribution in [2.75, 3.05) is 6.79 Å². The number of rotatable bonds is 0. The number of hydrogen-bond donors (Lipinski definition) is 0. The van der Waals surface area contributed by atoms with Gasteiger partial charge in [-0.2, -0.15) is 0 Å². The minimum atomic E-state index is -0.487. The lowest BCUT2D eigenvalue weighted by atomic mass is 9.89. The van der Waals surface area contributed by atoms with Gasteiger partial charge in [0.15, 0.2) is 17.3 Å². The van der Waals surface area contributed by atoms with Gasteiger partial charge in [-0.25, -0.2) is 4.39 Å². The van der Waals surface area contributed by atoms with Gasteiger partial charge in [-0.3, -0.25) is 4.79 Å². The molecule has 2 aliphatic rings. The highest BCUT2D eigenvalue weighted by molar-refractivity contribution is 5.99. The molecule has 0 unspecified atom stereocenters. The van der Waals surface area contributed by atoms with E-state index in [4.69, 9.17) is 9.47 Å². The third-order valence-electron chi connectivity index (χ3n) is 2.82. The van der Waals surface area contributed by atoms with Crippen LogP contribution in [0.5, 0.6) is 11.5 Å². The van der Waals surface area contributed by atoms with Crippen LogP contribution in [0.2, 0.25) is 0 Å². The zero-order chi connectivity index (χ0) is 10.4. The van der Waals surface area contributed by atoms with Crippen molar-refractivity contribution in [2.45, 2.75) is 19.3 Å². The molecule has 1 heterocycles. The van der Waals surface area contributed by atoms with Gasteiger partial charge in [-0.15, -0.1) is 0 Å². The minimum Gasteiger partial charge on any atom is -0.453 e. The lowest BCUT2D eigenvalue weighted by Crippen LogP contribution is -2.13. The summed E-state index contributed by atoms with van der Waals surface area (Å²) < 4.78 is 24.0. The number of fused-ring (bicyclic) bond motifs is 3. The van der Waals surface area contributed by atoms with Crippen LogP contribution in [0, 0.1) is 5.82 Å². The van der Waals surface area contributed by atoms with Crippen LogP contribution in [-0.2, 0) is 6.42 Å². The number of carbonyl (C=O) groups excluding carboxylic acids is 1. The van der Waals surface area contributed by atoms with E-state index in [1.165, 1.54) is 6.07 Å². The topological polar surface area (TPSA) is 35.5 Å². The van der Waals surface area contributed by atoms with E-state index in [0.29, 0.717) is 29.9 Å². The molecule has 1 aromatic rings. The molecule has 1 aromatic carbocycles. The van der Waals surface area contributed by atoms with Crippen LogP contribution in [-0.4, -0.2) is 12.6 Å². The van der Waals surface area contributed by atoms with Crippen LogP contribution in [0.3, 0.4) is 0 Å². The first-order valence-corrected chi connectivity index (χ1v) is 4.91. The van der Waals surface area contributed by atoms with Crippen molar-refractivity contribution in [3.05, 3.63) is 23.0 Å². The Balaban J connectivity index is 2.28. The molecule has 1 aliphatic heterocycles. The Kier molecular flexibility index (Phi) is 1.71. The number of ether oxygens (including phenoxy) is 2. The Hall–Kier alpha value is -1.58. The quantitative estimate of drug-likeness (QED) is 0.654.